The lowest BCUT2D eigenvalue weighted by molar-refractivity contribution is -0.137. The number of nitrogens with two attached hydrogens (primary N) is 1. The molecule has 3 saturated heterocycles. The average Bonchev–Trinajstić information content (AvgIpc) is 4.36. The molecule has 0 aromatic carbocycles. The van der Waals surface area contributed by atoms with E-state index in [-0.39, 0.29) is 73.3 Å². The highest BCUT2D eigenvalue weighted by Crippen LogP contribution is 2.40. The number of carbonyl (C=O) groups is 5. The van der Waals surface area contributed by atoms with E-state index in [1.807, 2.05) is 19.2 Å². The van der Waals surface area contributed by atoms with E-state index in [2.05, 4.69) is 64.0 Å². The minimum atomic E-state index is -0.950. The monoisotopic (exact) mass is 1030 g/mol. The van der Waals surface area contributed by atoms with Gasteiger partial charge in [-0.1, -0.05) is 21.4 Å². The average molecular weight is 1030 g/mol. The Bertz CT molecular complexity index is 2200. The summed E-state index contributed by atoms with van der Waals surface area (Å²) in [7, 11) is 14.8. The number of carbonyl (C=O) groups excluding carboxylic acids is 5. The Kier molecular flexibility index (Phi) is 22.8. The maximum absolute atomic E-state index is 11.4. The Morgan fingerprint density at radius 2 is 0.986 bits per heavy atom. The van der Waals surface area contributed by atoms with Crippen LogP contribution in [0.3, 0.4) is 0 Å². The molecule has 3 heterocycles. The van der Waals surface area contributed by atoms with Gasteiger partial charge in [-0.15, -0.1) is 0 Å². The number of aliphatic hydroxyl groups excluding tert-OH is 1. The van der Waals surface area contributed by atoms with E-state index >= 15 is 0 Å². The number of nitrogens with zero attached hydrogens (tertiary/aromatic N) is 10. The van der Waals surface area contributed by atoms with Crippen LogP contribution in [-0.4, -0.2) is 202 Å². The number of hydrogen-bond donors (Lipinski definition) is 3. The fourth-order valence-electron chi connectivity index (χ4n) is 8.90. The summed E-state index contributed by atoms with van der Waals surface area (Å²) in [5, 5.41) is 23.7. The van der Waals surface area contributed by atoms with E-state index in [0.717, 1.165) is 12.0 Å². The Hall–Kier alpha value is -6.38. The van der Waals surface area contributed by atoms with Crippen LogP contribution in [0.15, 0.2) is 73.6 Å². The number of nitrogens with one attached hydrogen (secondary N) is 1. The van der Waals surface area contributed by atoms with E-state index in [4.69, 9.17) is 46.0 Å². The summed E-state index contributed by atoms with van der Waals surface area (Å²) in [6.45, 7) is 0. The minimum absolute atomic E-state index is 0.0212. The number of likely N-dealkylation sites (N-methyl/N-ethyl adjacent to an activating group) is 1. The van der Waals surface area contributed by atoms with Gasteiger partial charge in [0, 0.05) is 102 Å². The summed E-state index contributed by atoms with van der Waals surface area (Å²) in [6, 6.07) is -0.512. The molecule has 8 aliphatic rings. The van der Waals surface area contributed by atoms with Crippen molar-refractivity contribution in [2.45, 2.75) is 123 Å². The molecule has 0 spiro atoms. The van der Waals surface area contributed by atoms with Crippen LogP contribution in [0.4, 0.5) is 0 Å². The molecule has 0 amide bonds. The fraction of sp³-hybridized carbons (Fsp3) is 0.667. The highest BCUT2D eigenvalue weighted by Gasteiger charge is 2.52. The van der Waals surface area contributed by atoms with Crippen molar-refractivity contribution >= 4 is 29.8 Å². The third kappa shape index (κ3) is 15.6. The van der Waals surface area contributed by atoms with Crippen molar-refractivity contribution in [1.82, 2.24) is 10.2 Å². The number of epoxide rings is 1. The Morgan fingerprint density at radius 3 is 1.48 bits per heavy atom. The third-order valence-corrected chi connectivity index (χ3v) is 13.1. The second-order valence-electron chi connectivity index (χ2n) is 17.2. The zero-order valence-electron chi connectivity index (χ0n) is 42.2. The molecule has 16 atom stereocenters. The Morgan fingerprint density at radius 1 is 0.589 bits per heavy atom. The predicted octanol–water partition coefficient (Wildman–Crippen LogP) is 2.02. The lowest BCUT2D eigenvalue weighted by Gasteiger charge is -2.30. The van der Waals surface area contributed by atoms with Crippen LogP contribution in [0.25, 0.3) is 31.3 Å². The first kappa shape index (κ1) is 59.2. The second-order valence-corrected chi connectivity index (χ2v) is 17.2. The van der Waals surface area contributed by atoms with Crippen LogP contribution in [0.2, 0.25) is 0 Å². The molecule has 0 bridgehead atoms. The summed E-state index contributed by atoms with van der Waals surface area (Å²) >= 11 is 0. The number of azide groups is 3. The van der Waals surface area contributed by atoms with E-state index < -0.39 is 48.4 Å². The summed E-state index contributed by atoms with van der Waals surface area (Å²) in [6.07, 6.45) is 9.13. The number of ether oxygens (including phenoxy) is 10. The van der Waals surface area contributed by atoms with Crippen molar-refractivity contribution in [2.24, 2.45) is 21.1 Å². The molecular formula is C45H64N12O16. The molecule has 3 fully saturated rings. The van der Waals surface area contributed by atoms with Crippen molar-refractivity contribution < 1.29 is 76.4 Å². The Balaban J connectivity index is 0.000000198. The first-order valence-electron chi connectivity index (χ1n) is 22.7. The molecule has 5 aliphatic carbocycles. The van der Waals surface area contributed by atoms with Gasteiger partial charge in [-0.25, -0.2) is 24.0 Å². The van der Waals surface area contributed by atoms with Crippen molar-refractivity contribution in [3.8, 4) is 0 Å². The molecule has 0 saturated carbocycles. The summed E-state index contributed by atoms with van der Waals surface area (Å²) in [5.41, 5.74) is 33.8. The second kappa shape index (κ2) is 28.2. The van der Waals surface area contributed by atoms with Crippen molar-refractivity contribution in [1.29, 1.82) is 0 Å². The van der Waals surface area contributed by atoms with Gasteiger partial charge in [0.25, 0.3) is 0 Å². The first-order chi connectivity index (χ1) is 35.0. The van der Waals surface area contributed by atoms with Gasteiger partial charge in [0.15, 0.2) is 0 Å². The SMILES string of the molecule is COC(=O)C1=CC(OC)C(N)C(N=[N+]=[N-])C1.COC(=O)C1=CC(OC)C(O)C(N=[N+]=[N-])C1.COC(=O)C1=CC(OC)C2NC2C1.COC(=O)C1=CC(OC)C2OC2C1.COC(=O)C1=CC2C(C(N=[N+]=[N-])C1)N2C. The number of aliphatic hydroxyl groups is 1. The van der Waals surface area contributed by atoms with Gasteiger partial charge >= 0.3 is 29.8 Å². The number of esters is 5. The lowest BCUT2D eigenvalue weighted by Crippen LogP contribution is -2.47. The maximum Gasteiger partial charge on any atom is 0.333 e. The summed E-state index contributed by atoms with van der Waals surface area (Å²) in [5.74, 6) is -1.81. The van der Waals surface area contributed by atoms with Crippen LogP contribution >= 0.6 is 0 Å². The lowest BCUT2D eigenvalue weighted by atomic mass is 9.89. The molecule has 28 nitrogen and oxygen atoms in total. The highest BCUT2D eigenvalue weighted by molar-refractivity contribution is 5.91. The van der Waals surface area contributed by atoms with Gasteiger partial charge < -0.3 is 63.5 Å². The number of hydrogen-bond acceptors (Lipinski definition) is 22. The number of rotatable bonds is 12. The molecule has 73 heavy (non-hydrogen) atoms. The van der Waals surface area contributed by atoms with Gasteiger partial charge in [0.05, 0.1) is 84.1 Å². The van der Waals surface area contributed by atoms with E-state index in [1.165, 1.54) is 55.8 Å². The molecule has 0 aromatic rings. The smallest absolute Gasteiger partial charge is 0.333 e. The first-order valence-corrected chi connectivity index (χ1v) is 22.7. The van der Waals surface area contributed by atoms with E-state index in [0.29, 0.717) is 47.2 Å². The largest absolute Gasteiger partial charge is 0.466 e. The summed E-state index contributed by atoms with van der Waals surface area (Å²) in [4.78, 5) is 66.7. The van der Waals surface area contributed by atoms with Gasteiger partial charge in [-0.05, 0) is 73.6 Å². The van der Waals surface area contributed by atoms with Crippen LogP contribution in [0.5, 0.6) is 0 Å². The standard InChI is InChI=1S/C9H14N4O3.C9H12N4O2.C9H13N3O4.C9H13NO3.C9H12O4/c1-15-7-4-5(9(14)16-2)3-6(8(7)10)12-13-11;1-13-7-4-5(9(14)15-2)3-6(8(7)13)11-12-10;1-15-7-4-5(9(14)16-2)3-6(8(7)13)11-12-10;1-12-7-4-5(9(11)13-2)3-6-8(7)10-6;1-11-6-3-5(9(10)12-2)4-7-8(6)13-7/h4,6-8H,3,10H2,1-2H3;4,6-8H,3H2,1-2H3;4,6-8,13H,3H2,1-2H3;4,6-8,10H,3H2,1-2H3;3,6-8H,4H2,1-2H3. The molecule has 16 unspecified atom stereocenters. The molecular weight excluding hydrogens is 965 g/mol. The topological polar surface area (TPSA) is 398 Å². The van der Waals surface area contributed by atoms with Gasteiger partial charge in [-0.2, -0.15) is 0 Å². The van der Waals surface area contributed by atoms with Crippen molar-refractivity contribution in [2.75, 3.05) is 71.0 Å². The minimum Gasteiger partial charge on any atom is -0.466 e. The number of methoxy groups -OCH3 is 9. The Labute approximate surface area is 420 Å². The molecule has 8 rings (SSSR count). The molecule has 0 radical (unpaired) electrons. The van der Waals surface area contributed by atoms with Crippen molar-refractivity contribution in [3.05, 3.63) is 89.6 Å². The van der Waals surface area contributed by atoms with Crippen LogP contribution < -0.4 is 11.1 Å². The normalized spacial score (nSPS) is 33.2. The molecule has 28 heteroatoms. The van der Waals surface area contributed by atoms with Gasteiger partial charge in [0.1, 0.15) is 18.3 Å². The highest BCUT2D eigenvalue weighted by atomic mass is 16.6. The van der Waals surface area contributed by atoms with E-state index in [1.54, 1.807) is 26.4 Å². The summed E-state index contributed by atoms with van der Waals surface area (Å²) < 4.78 is 48.9. The maximum atomic E-state index is 11.4. The zero-order chi connectivity index (χ0) is 54.1. The van der Waals surface area contributed by atoms with Gasteiger partial charge in [-0.3, -0.25) is 4.90 Å². The zero-order valence-corrected chi connectivity index (χ0v) is 42.2. The van der Waals surface area contributed by atoms with Crippen LogP contribution in [0, 0.1) is 0 Å². The quantitative estimate of drug-likeness (QED) is 0.0628. The van der Waals surface area contributed by atoms with Gasteiger partial charge in [0.2, 0.25) is 0 Å². The predicted molar refractivity (Wildman–Crippen MR) is 254 cm³/mol. The molecule has 400 valence electrons. The van der Waals surface area contributed by atoms with Crippen LogP contribution in [-0.2, 0) is 71.3 Å². The third-order valence-electron chi connectivity index (χ3n) is 13.1. The van der Waals surface area contributed by atoms with Crippen LogP contribution in [0.1, 0.15) is 32.1 Å². The van der Waals surface area contributed by atoms with E-state index in [9.17, 15) is 29.1 Å². The number of fused-ring (bicyclic) bond motifs is 3. The molecule has 0 aromatic heterocycles. The fourth-order valence-corrected chi connectivity index (χ4v) is 8.90. The molecule has 4 N–H and O–H groups in total. The molecule has 3 aliphatic heterocycles. The van der Waals surface area contributed by atoms with Crippen molar-refractivity contribution in [3.63, 3.8) is 0 Å².